The van der Waals surface area contributed by atoms with Crippen LogP contribution in [0.4, 0.5) is 5.13 Å². The number of para-hydroxylation sites is 1. The van der Waals surface area contributed by atoms with Crippen molar-refractivity contribution in [3.63, 3.8) is 0 Å². The van der Waals surface area contributed by atoms with Crippen molar-refractivity contribution in [2.24, 2.45) is 0 Å². The molecule has 0 unspecified atom stereocenters. The van der Waals surface area contributed by atoms with Gasteiger partial charge in [0.1, 0.15) is 12.4 Å². The number of carbonyl (C=O) groups excluding carboxylic acids is 1. The number of amides is 1. The molecular weight excluding hydrogens is 525 g/mol. The van der Waals surface area contributed by atoms with Gasteiger partial charge in [-0.1, -0.05) is 65.3 Å². The summed E-state index contributed by atoms with van der Waals surface area (Å²) in [6.07, 6.45) is 4.10. The lowest BCUT2D eigenvalue weighted by Gasteiger charge is -2.09. The Morgan fingerprint density at radius 3 is 2.80 bits per heavy atom. The molecule has 0 fully saturated rings. The van der Waals surface area contributed by atoms with E-state index in [1.807, 2.05) is 41.0 Å². The number of anilines is 1. The summed E-state index contributed by atoms with van der Waals surface area (Å²) in [5.74, 6) is 1.38. The highest BCUT2D eigenvalue weighted by molar-refractivity contribution is 7.99. The minimum atomic E-state index is -0.185. The molecule has 0 aliphatic carbocycles. The molecule has 1 amide bonds. The van der Waals surface area contributed by atoms with E-state index < -0.39 is 0 Å². The molecule has 0 bridgehead atoms. The minimum absolute atomic E-state index is 0.159. The molecule has 0 spiro atoms. The van der Waals surface area contributed by atoms with E-state index in [4.69, 9.17) is 27.9 Å². The van der Waals surface area contributed by atoms with Crippen LogP contribution in [-0.2, 0) is 24.4 Å². The van der Waals surface area contributed by atoms with Gasteiger partial charge in [-0.05, 0) is 29.8 Å². The SMILES string of the molecule is C=CCn1c(COc2ccccc2)nnc1SCC(=O)Nc1ncc(Cc2ccc(Cl)cc2Cl)s1. The average Bonchev–Trinajstić information content (AvgIpc) is 3.45. The van der Waals surface area contributed by atoms with Crippen LogP contribution in [-0.4, -0.2) is 31.4 Å². The Balaban J connectivity index is 1.32. The van der Waals surface area contributed by atoms with Gasteiger partial charge in [0.05, 0.1) is 5.75 Å². The zero-order valence-corrected chi connectivity index (χ0v) is 21.6. The summed E-state index contributed by atoms with van der Waals surface area (Å²) in [5, 5.41) is 13.6. The first-order chi connectivity index (χ1) is 17.0. The highest BCUT2D eigenvalue weighted by atomic mass is 35.5. The molecule has 4 aromatic rings. The van der Waals surface area contributed by atoms with Crippen molar-refractivity contribution in [2.75, 3.05) is 11.1 Å². The van der Waals surface area contributed by atoms with Gasteiger partial charge in [0.15, 0.2) is 16.1 Å². The van der Waals surface area contributed by atoms with Crippen LogP contribution in [0.5, 0.6) is 5.75 Å². The second-order valence-electron chi connectivity index (χ2n) is 7.28. The molecule has 180 valence electrons. The first-order valence-corrected chi connectivity index (χ1v) is 13.1. The maximum absolute atomic E-state index is 12.5. The smallest absolute Gasteiger partial charge is 0.236 e. The van der Waals surface area contributed by atoms with Gasteiger partial charge in [0.2, 0.25) is 5.91 Å². The summed E-state index contributed by atoms with van der Waals surface area (Å²) in [6, 6.07) is 14.9. The van der Waals surface area contributed by atoms with Crippen molar-refractivity contribution in [3.8, 4) is 5.75 Å². The Bertz CT molecular complexity index is 1310. The third kappa shape index (κ3) is 7.08. The number of benzene rings is 2. The fourth-order valence-corrected chi connectivity index (χ4v) is 5.19. The van der Waals surface area contributed by atoms with Gasteiger partial charge in [-0.25, -0.2) is 4.98 Å². The number of thiazole rings is 1. The lowest BCUT2D eigenvalue weighted by Crippen LogP contribution is -2.14. The van der Waals surface area contributed by atoms with E-state index >= 15 is 0 Å². The van der Waals surface area contributed by atoms with Crippen molar-refractivity contribution < 1.29 is 9.53 Å². The fraction of sp³-hybridized carbons (Fsp3) is 0.167. The van der Waals surface area contributed by atoms with Crippen LogP contribution in [0.1, 0.15) is 16.3 Å². The summed E-state index contributed by atoms with van der Waals surface area (Å²) in [6.45, 7) is 4.57. The molecule has 35 heavy (non-hydrogen) atoms. The first kappa shape index (κ1) is 25.2. The lowest BCUT2D eigenvalue weighted by atomic mass is 10.1. The van der Waals surface area contributed by atoms with Crippen LogP contribution in [0.25, 0.3) is 0 Å². The number of nitrogens with zero attached hydrogens (tertiary/aromatic N) is 4. The number of nitrogens with one attached hydrogen (secondary N) is 1. The van der Waals surface area contributed by atoms with Crippen LogP contribution in [0.3, 0.4) is 0 Å². The predicted molar refractivity (Wildman–Crippen MR) is 142 cm³/mol. The van der Waals surface area contributed by atoms with Gasteiger partial charge in [-0.3, -0.25) is 9.36 Å². The van der Waals surface area contributed by atoms with Crippen LogP contribution >= 0.6 is 46.3 Å². The number of carbonyl (C=O) groups is 1. The van der Waals surface area contributed by atoms with Gasteiger partial charge in [0, 0.05) is 34.1 Å². The van der Waals surface area contributed by atoms with Gasteiger partial charge in [-0.2, -0.15) is 0 Å². The fourth-order valence-electron chi connectivity index (χ4n) is 3.09. The zero-order chi connectivity index (χ0) is 24.6. The Morgan fingerprint density at radius 2 is 2.03 bits per heavy atom. The molecule has 2 aromatic heterocycles. The predicted octanol–water partition coefficient (Wildman–Crippen LogP) is 6.13. The highest BCUT2D eigenvalue weighted by Gasteiger charge is 2.15. The summed E-state index contributed by atoms with van der Waals surface area (Å²) < 4.78 is 7.67. The summed E-state index contributed by atoms with van der Waals surface area (Å²) in [4.78, 5) is 17.8. The first-order valence-electron chi connectivity index (χ1n) is 10.5. The summed E-state index contributed by atoms with van der Waals surface area (Å²) in [7, 11) is 0. The Hall–Kier alpha value is -2.85. The molecule has 1 N–H and O–H groups in total. The van der Waals surface area contributed by atoms with E-state index in [-0.39, 0.29) is 18.3 Å². The Morgan fingerprint density at radius 1 is 1.20 bits per heavy atom. The van der Waals surface area contributed by atoms with Crippen molar-refractivity contribution in [1.82, 2.24) is 19.7 Å². The van der Waals surface area contributed by atoms with Gasteiger partial charge < -0.3 is 10.1 Å². The molecular formula is C24H21Cl2N5O2S2. The number of rotatable bonds is 11. The number of ether oxygens (including phenoxy) is 1. The minimum Gasteiger partial charge on any atom is -0.486 e. The molecule has 2 heterocycles. The molecule has 7 nitrogen and oxygen atoms in total. The molecule has 11 heteroatoms. The summed E-state index contributed by atoms with van der Waals surface area (Å²) in [5.41, 5.74) is 0.946. The highest BCUT2D eigenvalue weighted by Crippen LogP contribution is 2.27. The van der Waals surface area contributed by atoms with Crippen LogP contribution in [0.2, 0.25) is 10.0 Å². The normalized spacial score (nSPS) is 10.8. The molecule has 0 aliphatic heterocycles. The van der Waals surface area contributed by atoms with Crippen molar-refractivity contribution in [2.45, 2.75) is 24.7 Å². The number of hydrogen-bond acceptors (Lipinski definition) is 7. The molecule has 0 aliphatic rings. The molecule has 0 saturated carbocycles. The van der Waals surface area contributed by atoms with Gasteiger partial charge in [-0.15, -0.1) is 28.1 Å². The third-order valence-electron chi connectivity index (χ3n) is 4.73. The van der Waals surface area contributed by atoms with E-state index in [0.717, 1.165) is 16.2 Å². The van der Waals surface area contributed by atoms with Crippen molar-refractivity contribution in [1.29, 1.82) is 0 Å². The number of aromatic nitrogens is 4. The topological polar surface area (TPSA) is 81.9 Å². The van der Waals surface area contributed by atoms with E-state index in [9.17, 15) is 4.79 Å². The second-order valence-corrected chi connectivity index (χ2v) is 10.2. The van der Waals surface area contributed by atoms with Crippen molar-refractivity contribution in [3.05, 3.63) is 93.7 Å². The standard InChI is InChI=1S/C24H21Cl2N5O2S2/c1-2-10-31-21(14-33-18-6-4-3-5-7-18)29-30-24(31)34-15-22(32)28-23-27-13-19(35-23)11-16-8-9-17(25)12-20(16)26/h2-9,12-13H,1,10-11,14-15H2,(H,27,28,32). The number of halogens is 2. The van der Waals surface area contributed by atoms with Crippen LogP contribution in [0, 0.1) is 0 Å². The number of hydrogen-bond donors (Lipinski definition) is 1. The van der Waals surface area contributed by atoms with E-state index in [0.29, 0.717) is 39.1 Å². The van der Waals surface area contributed by atoms with Crippen LogP contribution < -0.4 is 10.1 Å². The molecule has 0 radical (unpaired) electrons. The van der Waals surface area contributed by atoms with E-state index in [1.165, 1.54) is 23.1 Å². The Kier molecular flexibility index (Phi) is 8.81. The van der Waals surface area contributed by atoms with E-state index in [2.05, 4.69) is 27.1 Å². The largest absolute Gasteiger partial charge is 0.486 e. The van der Waals surface area contributed by atoms with Gasteiger partial charge >= 0.3 is 0 Å². The zero-order valence-electron chi connectivity index (χ0n) is 18.5. The molecule has 0 saturated heterocycles. The lowest BCUT2D eigenvalue weighted by molar-refractivity contribution is -0.113. The Labute approximate surface area is 221 Å². The van der Waals surface area contributed by atoms with Gasteiger partial charge in [0.25, 0.3) is 0 Å². The molecule has 0 atom stereocenters. The number of allylic oxidation sites excluding steroid dienone is 1. The third-order valence-corrected chi connectivity index (χ3v) is 7.19. The summed E-state index contributed by atoms with van der Waals surface area (Å²) >= 11 is 14.9. The second kappa shape index (κ2) is 12.2. The van der Waals surface area contributed by atoms with Crippen LogP contribution in [0.15, 0.2) is 72.5 Å². The monoisotopic (exact) mass is 545 g/mol. The quantitative estimate of drug-likeness (QED) is 0.180. The molecule has 4 rings (SSSR count). The maximum atomic E-state index is 12.5. The number of thioether (sulfide) groups is 1. The average molecular weight is 547 g/mol. The maximum Gasteiger partial charge on any atom is 0.236 e. The van der Waals surface area contributed by atoms with Crippen molar-refractivity contribution >= 4 is 57.3 Å². The van der Waals surface area contributed by atoms with E-state index in [1.54, 1.807) is 24.4 Å². The molecule has 2 aromatic carbocycles.